The Kier molecular flexibility index (Phi) is 6.21. The summed E-state index contributed by atoms with van der Waals surface area (Å²) in [6, 6.07) is 19.1. The second-order valence-electron chi connectivity index (χ2n) is 10.2. The number of hydrogen-bond donors (Lipinski definition) is 0. The van der Waals surface area contributed by atoms with Gasteiger partial charge in [-0.1, -0.05) is 30.3 Å². The van der Waals surface area contributed by atoms with Gasteiger partial charge < -0.3 is 4.90 Å². The summed E-state index contributed by atoms with van der Waals surface area (Å²) < 4.78 is 13.2. The molecule has 2 aromatic carbocycles. The molecule has 0 N–H and O–H groups in total. The smallest absolute Gasteiger partial charge is 0.253 e. The van der Waals surface area contributed by atoms with Crippen molar-refractivity contribution in [3.8, 4) is 6.07 Å². The third-order valence-electron chi connectivity index (χ3n) is 8.20. The van der Waals surface area contributed by atoms with Crippen LogP contribution in [-0.4, -0.2) is 47.4 Å². The number of likely N-dealkylation sites (tertiary alicyclic amines) is 2. The van der Waals surface area contributed by atoms with Crippen molar-refractivity contribution in [2.45, 2.75) is 50.0 Å². The van der Waals surface area contributed by atoms with Crippen LogP contribution in [0.5, 0.6) is 0 Å². The van der Waals surface area contributed by atoms with Crippen LogP contribution >= 0.6 is 0 Å². The zero-order valence-corrected chi connectivity index (χ0v) is 19.1. The zero-order valence-electron chi connectivity index (χ0n) is 19.1. The number of piperidine rings is 1. The lowest BCUT2D eigenvalue weighted by Gasteiger charge is -2.54. The van der Waals surface area contributed by atoms with Crippen molar-refractivity contribution in [2.75, 3.05) is 26.2 Å². The monoisotopic (exact) mass is 445 g/mol. The van der Waals surface area contributed by atoms with Gasteiger partial charge in [0.05, 0.1) is 12.5 Å². The Bertz CT molecular complexity index is 1000. The number of halogens is 1. The van der Waals surface area contributed by atoms with E-state index >= 15 is 0 Å². The van der Waals surface area contributed by atoms with Crippen molar-refractivity contribution in [3.05, 3.63) is 71.5 Å². The van der Waals surface area contributed by atoms with E-state index < -0.39 is 0 Å². The van der Waals surface area contributed by atoms with Crippen LogP contribution in [0.3, 0.4) is 0 Å². The Morgan fingerprint density at radius 2 is 1.73 bits per heavy atom. The van der Waals surface area contributed by atoms with Crippen molar-refractivity contribution in [3.63, 3.8) is 0 Å². The summed E-state index contributed by atoms with van der Waals surface area (Å²) in [5.41, 5.74) is 1.92. The van der Waals surface area contributed by atoms with Crippen molar-refractivity contribution in [1.82, 2.24) is 9.80 Å². The number of nitriles is 1. The van der Waals surface area contributed by atoms with E-state index in [4.69, 9.17) is 0 Å². The predicted octanol–water partition coefficient (Wildman–Crippen LogP) is 5.23. The predicted molar refractivity (Wildman–Crippen MR) is 126 cm³/mol. The number of carbonyl (C=O) groups is 1. The Hall–Kier alpha value is -2.71. The van der Waals surface area contributed by atoms with Crippen LogP contribution in [0.25, 0.3) is 0 Å². The van der Waals surface area contributed by atoms with Gasteiger partial charge in [0.2, 0.25) is 0 Å². The first-order chi connectivity index (χ1) is 16.1. The number of hydrogen-bond acceptors (Lipinski definition) is 3. The summed E-state index contributed by atoms with van der Waals surface area (Å²) in [4.78, 5) is 17.2. The summed E-state index contributed by atoms with van der Waals surface area (Å²) in [6.07, 6.45) is 6.11. The van der Waals surface area contributed by atoms with E-state index in [1.807, 2.05) is 4.90 Å². The Morgan fingerprint density at radius 1 is 1.03 bits per heavy atom. The fraction of sp³-hybridized carbons (Fsp3) is 0.500. The van der Waals surface area contributed by atoms with Crippen LogP contribution in [0.15, 0.2) is 54.6 Å². The highest BCUT2D eigenvalue weighted by atomic mass is 19.1. The van der Waals surface area contributed by atoms with E-state index in [0.717, 1.165) is 43.7 Å². The van der Waals surface area contributed by atoms with Gasteiger partial charge >= 0.3 is 0 Å². The van der Waals surface area contributed by atoms with E-state index in [1.165, 1.54) is 37.0 Å². The molecule has 5 rings (SSSR count). The molecule has 0 aromatic heterocycles. The summed E-state index contributed by atoms with van der Waals surface area (Å²) in [6.45, 7) is 3.46. The van der Waals surface area contributed by atoms with Crippen LogP contribution in [0, 0.1) is 29.0 Å². The van der Waals surface area contributed by atoms with Crippen LogP contribution < -0.4 is 0 Å². The molecule has 172 valence electrons. The zero-order chi connectivity index (χ0) is 22.8. The second-order valence-corrected chi connectivity index (χ2v) is 10.2. The molecule has 2 aliphatic heterocycles. The summed E-state index contributed by atoms with van der Waals surface area (Å²) in [5, 5.41) is 9.53. The van der Waals surface area contributed by atoms with Crippen LogP contribution in [-0.2, 0) is 0 Å². The Balaban J connectivity index is 1.10. The molecule has 1 saturated carbocycles. The molecule has 1 amide bonds. The van der Waals surface area contributed by atoms with Gasteiger partial charge in [0.15, 0.2) is 0 Å². The molecule has 2 heterocycles. The first kappa shape index (κ1) is 22.1. The third kappa shape index (κ3) is 4.68. The number of carbonyl (C=O) groups excluding carboxylic acids is 1. The molecule has 2 unspecified atom stereocenters. The lowest BCUT2D eigenvalue weighted by molar-refractivity contribution is -0.0483. The number of nitrogens with zero attached hydrogens (tertiary/aromatic N) is 3. The maximum Gasteiger partial charge on any atom is 0.253 e. The molecule has 5 heteroatoms. The van der Waals surface area contributed by atoms with Crippen molar-refractivity contribution >= 4 is 5.91 Å². The quantitative estimate of drug-likeness (QED) is 0.586. The normalized spacial score (nSPS) is 24.7. The minimum Gasteiger partial charge on any atom is -0.339 e. The first-order valence-corrected chi connectivity index (χ1v) is 12.3. The van der Waals surface area contributed by atoms with E-state index in [1.54, 1.807) is 12.1 Å². The molecule has 2 aromatic rings. The molecule has 0 bridgehead atoms. The van der Waals surface area contributed by atoms with Gasteiger partial charge in [-0.3, -0.25) is 9.69 Å². The minimum atomic E-state index is -0.331. The fourth-order valence-electron chi connectivity index (χ4n) is 5.92. The SMILES string of the molecule is N#CCC1(N2CC(CCC3CC3c3ccccc3)C2)CCN(C(=O)c2ccc(F)cc2)CC1. The summed E-state index contributed by atoms with van der Waals surface area (Å²) >= 11 is 0. The topological polar surface area (TPSA) is 47.3 Å². The van der Waals surface area contributed by atoms with Crippen molar-refractivity contribution in [1.29, 1.82) is 5.26 Å². The molecule has 4 nitrogen and oxygen atoms in total. The highest BCUT2D eigenvalue weighted by Crippen LogP contribution is 2.51. The molecular weight excluding hydrogens is 413 g/mol. The van der Waals surface area contributed by atoms with Gasteiger partial charge in [0.1, 0.15) is 5.82 Å². The van der Waals surface area contributed by atoms with Crippen molar-refractivity contribution < 1.29 is 9.18 Å². The molecule has 0 spiro atoms. The maximum absolute atomic E-state index is 13.2. The number of benzene rings is 2. The lowest BCUT2D eigenvalue weighted by atomic mass is 9.78. The molecular formula is C28H32FN3O. The van der Waals surface area contributed by atoms with E-state index in [0.29, 0.717) is 25.1 Å². The van der Waals surface area contributed by atoms with Gasteiger partial charge in [-0.15, -0.1) is 0 Å². The second kappa shape index (κ2) is 9.27. The van der Waals surface area contributed by atoms with Crippen molar-refractivity contribution in [2.24, 2.45) is 11.8 Å². The van der Waals surface area contributed by atoms with E-state index in [9.17, 15) is 14.4 Å². The third-order valence-corrected chi connectivity index (χ3v) is 8.20. The largest absolute Gasteiger partial charge is 0.339 e. The Labute approximate surface area is 196 Å². The average molecular weight is 446 g/mol. The first-order valence-electron chi connectivity index (χ1n) is 12.3. The number of amides is 1. The fourth-order valence-corrected chi connectivity index (χ4v) is 5.92. The van der Waals surface area contributed by atoms with Gasteiger partial charge in [-0.05, 0) is 79.7 Å². The summed E-state index contributed by atoms with van der Waals surface area (Å²) in [7, 11) is 0. The highest BCUT2D eigenvalue weighted by molar-refractivity contribution is 5.94. The molecule has 1 aliphatic carbocycles. The van der Waals surface area contributed by atoms with Gasteiger partial charge in [-0.25, -0.2) is 4.39 Å². The van der Waals surface area contributed by atoms with Gasteiger partial charge in [-0.2, -0.15) is 5.26 Å². The Morgan fingerprint density at radius 3 is 2.39 bits per heavy atom. The standard InChI is InChI=1S/C28H32FN3O/c29-25-10-8-23(9-11-25)27(33)31-16-13-28(12-15-30,14-17-31)32-19-21(20-32)6-7-24-18-26(24)22-4-2-1-3-5-22/h1-5,8-11,21,24,26H,6-7,12-14,16-20H2. The molecule has 3 aliphatic rings. The van der Waals surface area contributed by atoms with Gasteiger partial charge in [0, 0.05) is 37.3 Å². The summed E-state index contributed by atoms with van der Waals surface area (Å²) in [5.74, 6) is 1.96. The molecule has 3 fully saturated rings. The average Bonchev–Trinajstić information content (AvgIpc) is 3.59. The van der Waals surface area contributed by atoms with E-state index in [-0.39, 0.29) is 17.3 Å². The molecule has 0 radical (unpaired) electrons. The lowest BCUT2D eigenvalue weighted by Crippen LogP contribution is -2.63. The number of rotatable bonds is 7. The molecule has 2 saturated heterocycles. The minimum absolute atomic E-state index is 0.0422. The van der Waals surface area contributed by atoms with Crippen LogP contribution in [0.4, 0.5) is 4.39 Å². The van der Waals surface area contributed by atoms with Gasteiger partial charge in [0.25, 0.3) is 5.91 Å². The van der Waals surface area contributed by atoms with Crippen LogP contribution in [0.1, 0.15) is 60.4 Å². The highest BCUT2D eigenvalue weighted by Gasteiger charge is 2.46. The van der Waals surface area contributed by atoms with Crippen LogP contribution in [0.2, 0.25) is 0 Å². The molecule has 2 atom stereocenters. The van der Waals surface area contributed by atoms with E-state index in [2.05, 4.69) is 41.3 Å². The molecule has 33 heavy (non-hydrogen) atoms. The maximum atomic E-state index is 13.2.